The molecule has 1 aliphatic rings. The van der Waals surface area contributed by atoms with Crippen LogP contribution >= 0.6 is 0 Å². The zero-order chi connectivity index (χ0) is 17.9. The molecule has 8 heteroatoms. The molecule has 1 aliphatic heterocycles. The van der Waals surface area contributed by atoms with Crippen LogP contribution in [0.15, 0.2) is 41.6 Å². The Morgan fingerprint density at radius 1 is 1.32 bits per heavy atom. The number of aryl methyl sites for hydroxylation is 1. The van der Waals surface area contributed by atoms with E-state index in [1.54, 1.807) is 4.57 Å². The number of nitrogens with one attached hydrogen (secondary N) is 1. The van der Waals surface area contributed by atoms with Gasteiger partial charge >= 0.3 is 5.97 Å². The minimum absolute atomic E-state index is 0.0927. The second-order valence-electron chi connectivity index (χ2n) is 6.21. The minimum Gasteiger partial charge on any atom is -0.481 e. The van der Waals surface area contributed by atoms with Crippen LogP contribution in [0.2, 0.25) is 0 Å². The maximum atomic E-state index is 12.8. The van der Waals surface area contributed by atoms with Gasteiger partial charge in [0.1, 0.15) is 5.82 Å². The van der Waals surface area contributed by atoms with E-state index in [-0.39, 0.29) is 17.9 Å². The Kier molecular flexibility index (Phi) is 5.19. The average molecular weight is 363 g/mol. The van der Waals surface area contributed by atoms with Crippen molar-refractivity contribution in [1.82, 2.24) is 14.3 Å². The van der Waals surface area contributed by atoms with E-state index in [0.717, 1.165) is 24.2 Å². The number of rotatable bonds is 8. The summed E-state index contributed by atoms with van der Waals surface area (Å²) >= 11 is 0. The summed E-state index contributed by atoms with van der Waals surface area (Å²) in [4.78, 5) is 15.1. The molecule has 1 unspecified atom stereocenters. The van der Waals surface area contributed by atoms with Gasteiger partial charge in [0.05, 0.1) is 6.20 Å². The zero-order valence-electron chi connectivity index (χ0n) is 13.8. The van der Waals surface area contributed by atoms with Gasteiger partial charge in [-0.15, -0.1) is 0 Å². The van der Waals surface area contributed by atoms with Crippen molar-refractivity contribution in [2.24, 2.45) is 0 Å². The second-order valence-corrected chi connectivity index (χ2v) is 7.87. The molecule has 0 aliphatic carbocycles. The monoisotopic (exact) mass is 363 g/mol. The van der Waals surface area contributed by atoms with Crippen molar-refractivity contribution in [1.29, 1.82) is 0 Å². The molecule has 3 rings (SSSR count). The largest absolute Gasteiger partial charge is 0.481 e. The lowest BCUT2D eigenvalue weighted by molar-refractivity contribution is -0.137. The first kappa shape index (κ1) is 17.6. The number of nitrogens with zero attached hydrogens (tertiary/aromatic N) is 2. The number of fused-ring (bicyclic) bond motifs is 1. The highest BCUT2D eigenvalue weighted by atomic mass is 32.2. The third-order valence-corrected chi connectivity index (χ3v) is 5.83. The molecule has 1 aromatic heterocycles. The van der Waals surface area contributed by atoms with Crippen molar-refractivity contribution in [2.45, 2.75) is 49.7 Å². The first-order valence-electron chi connectivity index (χ1n) is 8.28. The smallest absolute Gasteiger partial charge is 0.303 e. The number of benzene rings is 1. The van der Waals surface area contributed by atoms with Gasteiger partial charge in [0.25, 0.3) is 10.0 Å². The summed E-state index contributed by atoms with van der Waals surface area (Å²) < 4.78 is 30.0. The third kappa shape index (κ3) is 4.26. The molecule has 25 heavy (non-hydrogen) atoms. The van der Waals surface area contributed by atoms with Gasteiger partial charge in [0, 0.05) is 25.4 Å². The van der Waals surface area contributed by atoms with Gasteiger partial charge in [-0.25, -0.2) is 18.1 Å². The van der Waals surface area contributed by atoms with Gasteiger partial charge in [-0.1, -0.05) is 30.3 Å². The summed E-state index contributed by atoms with van der Waals surface area (Å²) in [6.07, 6.45) is 3.62. The van der Waals surface area contributed by atoms with Crippen molar-refractivity contribution in [3.05, 3.63) is 47.9 Å². The van der Waals surface area contributed by atoms with E-state index in [1.165, 1.54) is 6.20 Å². The molecule has 7 nitrogen and oxygen atoms in total. The standard InChI is InChI=1S/C17H21N3O4S/c21-17(22)9-8-14(11-13-5-2-1-3-6-13)19-25(23,24)16-12-18-15-7-4-10-20(15)16/h1-3,5-6,12,14,19H,4,7-11H2,(H,21,22). The molecule has 1 atom stereocenters. The molecule has 2 aromatic rings. The number of sulfonamides is 1. The molecule has 0 fully saturated rings. The molecular weight excluding hydrogens is 342 g/mol. The molecule has 0 saturated carbocycles. The fraction of sp³-hybridized carbons (Fsp3) is 0.412. The summed E-state index contributed by atoms with van der Waals surface area (Å²) in [7, 11) is -3.75. The van der Waals surface area contributed by atoms with Crippen LogP contribution in [0.4, 0.5) is 0 Å². The van der Waals surface area contributed by atoms with Crippen molar-refractivity contribution in [3.63, 3.8) is 0 Å². The molecule has 2 N–H and O–H groups in total. The number of carboxylic acid groups (broad SMARTS) is 1. The van der Waals surface area contributed by atoms with E-state index < -0.39 is 22.0 Å². The summed E-state index contributed by atoms with van der Waals surface area (Å²) in [5, 5.41) is 9.11. The van der Waals surface area contributed by atoms with Crippen molar-refractivity contribution in [3.8, 4) is 0 Å². The van der Waals surface area contributed by atoms with Crippen LogP contribution in [0.25, 0.3) is 0 Å². The van der Waals surface area contributed by atoms with E-state index in [0.29, 0.717) is 13.0 Å². The predicted octanol–water partition coefficient (Wildman–Crippen LogP) is 1.58. The topological polar surface area (TPSA) is 101 Å². The highest BCUT2D eigenvalue weighted by molar-refractivity contribution is 7.89. The van der Waals surface area contributed by atoms with E-state index >= 15 is 0 Å². The van der Waals surface area contributed by atoms with Gasteiger partial charge < -0.3 is 9.67 Å². The molecule has 2 heterocycles. The molecule has 0 spiro atoms. The fourth-order valence-corrected chi connectivity index (χ4v) is 4.56. The summed E-state index contributed by atoms with van der Waals surface area (Å²) in [5.41, 5.74) is 0.958. The van der Waals surface area contributed by atoms with Crippen molar-refractivity contribution < 1.29 is 18.3 Å². The van der Waals surface area contributed by atoms with Gasteiger partial charge in [-0.05, 0) is 24.8 Å². The van der Waals surface area contributed by atoms with E-state index in [4.69, 9.17) is 5.11 Å². The molecule has 0 bridgehead atoms. The number of aliphatic carboxylic acids is 1. The lowest BCUT2D eigenvalue weighted by Crippen LogP contribution is -2.37. The Bertz CT molecular complexity index is 846. The Labute approximate surface area is 146 Å². The number of hydrogen-bond acceptors (Lipinski definition) is 4. The highest BCUT2D eigenvalue weighted by Crippen LogP contribution is 2.21. The first-order chi connectivity index (χ1) is 12.0. The molecule has 0 amide bonds. The van der Waals surface area contributed by atoms with Crippen LogP contribution in [-0.2, 0) is 34.2 Å². The van der Waals surface area contributed by atoms with Crippen LogP contribution < -0.4 is 4.72 Å². The van der Waals surface area contributed by atoms with Gasteiger partial charge in [-0.2, -0.15) is 0 Å². The van der Waals surface area contributed by atoms with Gasteiger partial charge in [0.15, 0.2) is 5.03 Å². The van der Waals surface area contributed by atoms with Gasteiger partial charge in [-0.3, -0.25) is 4.79 Å². The summed E-state index contributed by atoms with van der Waals surface area (Å²) in [5.74, 6) is -0.159. The molecule has 0 saturated heterocycles. The molecule has 134 valence electrons. The Hall–Kier alpha value is -2.19. The second kappa shape index (κ2) is 7.37. The van der Waals surface area contributed by atoms with Crippen LogP contribution in [0, 0.1) is 0 Å². The Morgan fingerprint density at radius 3 is 2.80 bits per heavy atom. The summed E-state index contributed by atoms with van der Waals surface area (Å²) in [6, 6.07) is 8.95. The number of carbonyl (C=O) groups is 1. The van der Waals surface area contributed by atoms with Crippen LogP contribution in [0.3, 0.4) is 0 Å². The predicted molar refractivity (Wildman–Crippen MR) is 91.7 cm³/mol. The van der Waals surface area contributed by atoms with E-state index in [2.05, 4.69) is 9.71 Å². The highest BCUT2D eigenvalue weighted by Gasteiger charge is 2.27. The van der Waals surface area contributed by atoms with E-state index in [9.17, 15) is 13.2 Å². The third-order valence-electron chi connectivity index (χ3n) is 4.31. The normalized spacial score (nSPS) is 15.0. The van der Waals surface area contributed by atoms with E-state index in [1.807, 2.05) is 30.3 Å². The Morgan fingerprint density at radius 2 is 2.08 bits per heavy atom. The fourth-order valence-electron chi connectivity index (χ4n) is 3.12. The number of carboxylic acids is 1. The van der Waals surface area contributed by atoms with Crippen LogP contribution in [-0.4, -0.2) is 35.1 Å². The lowest BCUT2D eigenvalue weighted by Gasteiger charge is -2.18. The summed E-state index contributed by atoms with van der Waals surface area (Å²) in [6.45, 7) is 0.643. The lowest BCUT2D eigenvalue weighted by atomic mass is 10.0. The SMILES string of the molecule is O=C(O)CCC(Cc1ccccc1)NS(=O)(=O)c1cnc2n1CCC2. The maximum absolute atomic E-state index is 12.8. The number of aromatic nitrogens is 2. The minimum atomic E-state index is -3.75. The van der Waals surface area contributed by atoms with Crippen molar-refractivity contribution >= 4 is 16.0 Å². The van der Waals surface area contributed by atoms with Crippen LogP contribution in [0.1, 0.15) is 30.7 Å². The van der Waals surface area contributed by atoms with Crippen LogP contribution in [0.5, 0.6) is 0 Å². The Balaban J connectivity index is 1.79. The quantitative estimate of drug-likeness (QED) is 0.741. The average Bonchev–Trinajstić information content (AvgIpc) is 3.16. The van der Waals surface area contributed by atoms with Gasteiger partial charge in [0.2, 0.25) is 0 Å². The molecule has 0 radical (unpaired) electrons. The first-order valence-corrected chi connectivity index (χ1v) is 9.76. The number of imidazole rings is 1. The maximum Gasteiger partial charge on any atom is 0.303 e. The van der Waals surface area contributed by atoms with Crippen molar-refractivity contribution in [2.75, 3.05) is 0 Å². The zero-order valence-corrected chi connectivity index (χ0v) is 14.6. The molecule has 1 aromatic carbocycles. The molecular formula is C17H21N3O4S. The number of hydrogen-bond donors (Lipinski definition) is 2.